The van der Waals surface area contributed by atoms with Crippen LogP contribution in [0.15, 0.2) is 0 Å². The quantitative estimate of drug-likeness (QED) is 0.783. The summed E-state index contributed by atoms with van der Waals surface area (Å²) in [6, 6.07) is 0.0353. The molecule has 0 aromatic carbocycles. The van der Waals surface area contributed by atoms with Crippen molar-refractivity contribution in [2.45, 2.75) is 52.0 Å². The van der Waals surface area contributed by atoms with Gasteiger partial charge in [0.1, 0.15) is 0 Å². The van der Waals surface area contributed by atoms with Gasteiger partial charge in [-0.25, -0.2) is 0 Å². The molecular weight excluding hydrogens is 212 g/mol. The van der Waals surface area contributed by atoms with Gasteiger partial charge in [-0.1, -0.05) is 19.8 Å². The predicted molar refractivity (Wildman–Crippen MR) is 65.1 cm³/mol. The monoisotopic (exact) mass is 234 g/mol. The molecule has 1 saturated carbocycles. The van der Waals surface area contributed by atoms with Crippen molar-refractivity contribution in [1.82, 2.24) is 5.32 Å². The molecule has 0 radical (unpaired) electrons. The molecule has 3 N–H and O–H groups in total. The van der Waals surface area contributed by atoms with Crippen molar-refractivity contribution >= 4 is 18.3 Å². The molecule has 0 aliphatic heterocycles. The number of halogens is 1. The minimum atomic E-state index is -0.326. The Hall–Kier alpha value is -0.280. The Bertz CT molecular complexity index is 211. The fourth-order valence-electron chi connectivity index (χ4n) is 2.08. The molecule has 15 heavy (non-hydrogen) atoms. The number of rotatable bonds is 3. The third-order valence-electron chi connectivity index (χ3n) is 3.33. The Morgan fingerprint density at radius 2 is 2.20 bits per heavy atom. The average molecular weight is 235 g/mol. The zero-order valence-corrected chi connectivity index (χ0v) is 10.5. The molecule has 0 bridgehead atoms. The average Bonchev–Trinajstić information content (AvgIpc) is 2.19. The van der Waals surface area contributed by atoms with Crippen LogP contribution in [0, 0.1) is 5.41 Å². The van der Waals surface area contributed by atoms with Gasteiger partial charge in [-0.3, -0.25) is 4.79 Å². The summed E-state index contributed by atoms with van der Waals surface area (Å²) in [4.78, 5) is 11.9. The zero-order chi connectivity index (χ0) is 10.6. The lowest BCUT2D eigenvalue weighted by molar-refractivity contribution is -0.132. The third-order valence-corrected chi connectivity index (χ3v) is 3.33. The summed E-state index contributed by atoms with van der Waals surface area (Å²) in [5, 5.41) is 2.95. The zero-order valence-electron chi connectivity index (χ0n) is 9.71. The van der Waals surface area contributed by atoms with Crippen molar-refractivity contribution in [2.75, 3.05) is 6.54 Å². The van der Waals surface area contributed by atoms with Crippen molar-refractivity contribution in [3.8, 4) is 0 Å². The molecule has 1 amide bonds. The highest BCUT2D eigenvalue weighted by Crippen LogP contribution is 2.34. The summed E-state index contributed by atoms with van der Waals surface area (Å²) in [5.41, 5.74) is 5.70. The van der Waals surface area contributed by atoms with Crippen LogP contribution in [0.3, 0.4) is 0 Å². The van der Waals surface area contributed by atoms with Crippen LogP contribution in [0.2, 0.25) is 0 Å². The van der Waals surface area contributed by atoms with Gasteiger partial charge in [-0.05, 0) is 26.2 Å². The molecule has 2 unspecified atom stereocenters. The number of nitrogens with two attached hydrogens (primary N) is 1. The van der Waals surface area contributed by atoms with E-state index in [2.05, 4.69) is 12.2 Å². The number of nitrogens with one attached hydrogen (secondary N) is 1. The lowest BCUT2D eigenvalue weighted by Crippen LogP contribution is -2.52. The lowest BCUT2D eigenvalue weighted by Gasteiger charge is -2.37. The minimum Gasteiger partial charge on any atom is -0.356 e. The first-order valence-electron chi connectivity index (χ1n) is 5.65. The van der Waals surface area contributed by atoms with Gasteiger partial charge in [-0.2, -0.15) is 0 Å². The summed E-state index contributed by atoms with van der Waals surface area (Å²) in [6.07, 6.45) is 5.19. The molecule has 0 aromatic rings. The van der Waals surface area contributed by atoms with E-state index in [0.29, 0.717) is 0 Å². The SMILES string of the molecule is CCCNC(=O)C1(C)CCCCC1N.Cl. The molecule has 2 atom stereocenters. The van der Waals surface area contributed by atoms with E-state index in [0.717, 1.165) is 38.6 Å². The predicted octanol–water partition coefficient (Wildman–Crippen LogP) is 1.84. The van der Waals surface area contributed by atoms with E-state index in [4.69, 9.17) is 5.73 Å². The van der Waals surface area contributed by atoms with Gasteiger partial charge in [0.25, 0.3) is 0 Å². The number of amides is 1. The van der Waals surface area contributed by atoms with Gasteiger partial charge in [0, 0.05) is 12.6 Å². The van der Waals surface area contributed by atoms with Crippen LogP contribution in [0.5, 0.6) is 0 Å². The third kappa shape index (κ3) is 3.35. The second-order valence-electron chi connectivity index (χ2n) is 4.53. The molecule has 4 heteroatoms. The molecule has 1 fully saturated rings. The fraction of sp³-hybridized carbons (Fsp3) is 0.909. The Morgan fingerprint density at radius 3 is 2.73 bits per heavy atom. The highest BCUT2D eigenvalue weighted by Gasteiger charge is 2.40. The van der Waals surface area contributed by atoms with Crippen LogP contribution < -0.4 is 11.1 Å². The Morgan fingerprint density at radius 1 is 1.53 bits per heavy atom. The number of carbonyl (C=O) groups excluding carboxylic acids is 1. The van der Waals surface area contributed by atoms with Gasteiger partial charge in [0.15, 0.2) is 0 Å². The van der Waals surface area contributed by atoms with E-state index >= 15 is 0 Å². The highest BCUT2D eigenvalue weighted by molar-refractivity contribution is 5.85. The summed E-state index contributed by atoms with van der Waals surface area (Å²) in [5.74, 6) is 0.145. The van der Waals surface area contributed by atoms with Crippen LogP contribution in [0.4, 0.5) is 0 Å². The Balaban J connectivity index is 0.00000196. The molecule has 1 aliphatic rings. The Kier molecular flexibility index (Phi) is 6.22. The summed E-state index contributed by atoms with van der Waals surface area (Å²) in [7, 11) is 0. The normalized spacial score (nSPS) is 30.5. The summed E-state index contributed by atoms with van der Waals surface area (Å²) < 4.78 is 0. The van der Waals surface area contributed by atoms with E-state index in [-0.39, 0.29) is 29.8 Å². The van der Waals surface area contributed by atoms with Crippen molar-refractivity contribution in [2.24, 2.45) is 11.1 Å². The van der Waals surface area contributed by atoms with Crippen molar-refractivity contribution in [3.05, 3.63) is 0 Å². The van der Waals surface area contributed by atoms with Crippen LogP contribution in [-0.2, 0) is 4.79 Å². The fourth-order valence-corrected chi connectivity index (χ4v) is 2.08. The Labute approximate surface area is 98.6 Å². The van der Waals surface area contributed by atoms with Crippen LogP contribution >= 0.6 is 12.4 Å². The number of hydrogen-bond acceptors (Lipinski definition) is 2. The van der Waals surface area contributed by atoms with E-state index < -0.39 is 0 Å². The summed E-state index contributed by atoms with van der Waals surface area (Å²) in [6.45, 7) is 4.83. The molecular formula is C11H23ClN2O. The van der Waals surface area contributed by atoms with E-state index in [1.165, 1.54) is 0 Å². The first-order chi connectivity index (χ1) is 6.61. The van der Waals surface area contributed by atoms with E-state index in [9.17, 15) is 4.79 Å². The molecule has 90 valence electrons. The van der Waals surface area contributed by atoms with Gasteiger partial charge in [0.05, 0.1) is 5.41 Å². The molecule has 1 rings (SSSR count). The van der Waals surface area contributed by atoms with Crippen molar-refractivity contribution < 1.29 is 4.79 Å². The first kappa shape index (κ1) is 14.7. The maximum atomic E-state index is 11.9. The van der Waals surface area contributed by atoms with E-state index in [1.54, 1.807) is 0 Å². The second-order valence-corrected chi connectivity index (χ2v) is 4.53. The highest BCUT2D eigenvalue weighted by atomic mass is 35.5. The molecule has 0 spiro atoms. The first-order valence-corrected chi connectivity index (χ1v) is 5.65. The standard InChI is InChI=1S/C11H22N2O.ClH/c1-3-8-13-10(14)11(2)7-5-4-6-9(11)12;/h9H,3-8,12H2,1-2H3,(H,13,14);1H. The van der Waals surface area contributed by atoms with Gasteiger partial charge < -0.3 is 11.1 Å². The largest absolute Gasteiger partial charge is 0.356 e. The van der Waals surface area contributed by atoms with Gasteiger partial charge in [0.2, 0.25) is 5.91 Å². The van der Waals surface area contributed by atoms with Crippen molar-refractivity contribution in [1.29, 1.82) is 0 Å². The van der Waals surface area contributed by atoms with E-state index in [1.807, 2.05) is 6.92 Å². The summed E-state index contributed by atoms with van der Waals surface area (Å²) >= 11 is 0. The molecule has 0 aromatic heterocycles. The van der Waals surface area contributed by atoms with Gasteiger partial charge >= 0.3 is 0 Å². The lowest BCUT2D eigenvalue weighted by atomic mass is 9.71. The van der Waals surface area contributed by atoms with Crippen molar-refractivity contribution in [3.63, 3.8) is 0 Å². The maximum Gasteiger partial charge on any atom is 0.227 e. The van der Waals surface area contributed by atoms with Crippen LogP contribution in [0.25, 0.3) is 0 Å². The minimum absolute atomic E-state index is 0. The maximum absolute atomic E-state index is 11.9. The second kappa shape index (κ2) is 6.33. The molecule has 3 nitrogen and oxygen atoms in total. The molecule has 0 heterocycles. The number of carbonyl (C=O) groups is 1. The number of hydrogen-bond donors (Lipinski definition) is 2. The van der Waals surface area contributed by atoms with Crippen LogP contribution in [-0.4, -0.2) is 18.5 Å². The topological polar surface area (TPSA) is 55.1 Å². The van der Waals surface area contributed by atoms with Crippen LogP contribution in [0.1, 0.15) is 46.0 Å². The molecule has 1 aliphatic carbocycles. The smallest absolute Gasteiger partial charge is 0.227 e. The van der Waals surface area contributed by atoms with Gasteiger partial charge in [-0.15, -0.1) is 12.4 Å². The molecule has 0 saturated heterocycles.